The number of carbonyl (C=O) groups is 1. The van der Waals surface area contributed by atoms with Gasteiger partial charge in [0.1, 0.15) is 5.01 Å². The summed E-state index contributed by atoms with van der Waals surface area (Å²) in [6.45, 7) is 6.01. The van der Waals surface area contributed by atoms with Crippen molar-refractivity contribution in [1.82, 2.24) is 9.88 Å². The van der Waals surface area contributed by atoms with Crippen molar-refractivity contribution in [2.45, 2.75) is 32.7 Å². The molecular formula is C11H16N2OS. The van der Waals surface area contributed by atoms with E-state index >= 15 is 0 Å². The molecule has 0 spiro atoms. The third kappa shape index (κ3) is 2.11. The fourth-order valence-corrected chi connectivity index (χ4v) is 3.07. The molecule has 2 heterocycles. The average molecular weight is 224 g/mol. The Morgan fingerprint density at radius 1 is 1.73 bits per heavy atom. The molecule has 1 unspecified atom stereocenters. The molecule has 0 bridgehead atoms. The van der Waals surface area contributed by atoms with E-state index in [1.807, 2.05) is 0 Å². The Labute approximate surface area is 94.1 Å². The second-order valence-electron chi connectivity index (χ2n) is 3.91. The second kappa shape index (κ2) is 4.41. The molecule has 0 aromatic carbocycles. The van der Waals surface area contributed by atoms with Gasteiger partial charge in [-0.3, -0.25) is 9.69 Å². The molecule has 82 valence electrons. The molecule has 1 fully saturated rings. The molecule has 0 saturated carbocycles. The van der Waals surface area contributed by atoms with Crippen molar-refractivity contribution in [3.63, 3.8) is 0 Å². The first-order valence-corrected chi connectivity index (χ1v) is 6.24. The molecule has 1 atom stereocenters. The molecule has 4 heteroatoms. The van der Waals surface area contributed by atoms with Crippen LogP contribution in [-0.4, -0.2) is 28.8 Å². The number of rotatable bonds is 3. The van der Waals surface area contributed by atoms with Crippen molar-refractivity contribution in [1.29, 1.82) is 0 Å². The summed E-state index contributed by atoms with van der Waals surface area (Å²) in [6.07, 6.45) is 4.14. The fourth-order valence-electron chi connectivity index (χ4n) is 2.09. The number of thiazole rings is 1. The van der Waals surface area contributed by atoms with Gasteiger partial charge in [0.25, 0.3) is 0 Å². The number of carbonyl (C=O) groups excluding carboxylic acids is 1. The summed E-state index contributed by atoms with van der Waals surface area (Å²) in [7, 11) is 0. The van der Waals surface area contributed by atoms with E-state index in [0.717, 1.165) is 23.0 Å². The van der Waals surface area contributed by atoms with Gasteiger partial charge in [0, 0.05) is 13.1 Å². The number of likely N-dealkylation sites (tertiary alicyclic amines) is 1. The van der Waals surface area contributed by atoms with Crippen molar-refractivity contribution >= 4 is 17.1 Å². The van der Waals surface area contributed by atoms with Crippen LogP contribution < -0.4 is 0 Å². The lowest BCUT2D eigenvalue weighted by molar-refractivity contribution is 0.102. The Morgan fingerprint density at radius 2 is 2.53 bits per heavy atom. The maximum absolute atomic E-state index is 11.2. The van der Waals surface area contributed by atoms with Gasteiger partial charge in [0.15, 0.2) is 5.78 Å². The van der Waals surface area contributed by atoms with Crippen molar-refractivity contribution in [3.05, 3.63) is 16.1 Å². The smallest absolute Gasteiger partial charge is 0.171 e. The predicted molar refractivity (Wildman–Crippen MR) is 61.3 cm³/mol. The number of ketones is 1. The van der Waals surface area contributed by atoms with E-state index in [4.69, 9.17) is 0 Å². The molecule has 0 amide bonds. The normalized spacial score (nSPS) is 22.1. The summed E-state index contributed by atoms with van der Waals surface area (Å²) >= 11 is 1.56. The summed E-state index contributed by atoms with van der Waals surface area (Å²) < 4.78 is 0. The van der Waals surface area contributed by atoms with Crippen LogP contribution in [0, 0.1) is 0 Å². The van der Waals surface area contributed by atoms with Gasteiger partial charge < -0.3 is 0 Å². The van der Waals surface area contributed by atoms with Crippen LogP contribution in [0.2, 0.25) is 0 Å². The van der Waals surface area contributed by atoms with Gasteiger partial charge in [0.05, 0.1) is 10.9 Å². The van der Waals surface area contributed by atoms with E-state index < -0.39 is 0 Å². The van der Waals surface area contributed by atoms with Crippen molar-refractivity contribution < 1.29 is 4.79 Å². The topological polar surface area (TPSA) is 33.2 Å². The Bertz CT molecular complexity index is 361. The molecule has 2 rings (SSSR count). The van der Waals surface area contributed by atoms with Crippen molar-refractivity contribution in [3.8, 4) is 0 Å². The number of aromatic nitrogens is 1. The molecule has 0 radical (unpaired) electrons. The lowest BCUT2D eigenvalue weighted by Gasteiger charge is -2.20. The third-order valence-corrected chi connectivity index (χ3v) is 4.12. The molecule has 0 aliphatic carbocycles. The maximum atomic E-state index is 11.2. The predicted octanol–water partition coefficient (Wildman–Crippen LogP) is 2.50. The van der Waals surface area contributed by atoms with E-state index in [9.17, 15) is 4.79 Å². The molecule has 0 N–H and O–H groups in total. The first-order chi connectivity index (χ1) is 7.22. The molecule has 3 nitrogen and oxygen atoms in total. The van der Waals surface area contributed by atoms with Crippen LogP contribution >= 0.6 is 11.3 Å². The minimum absolute atomic E-state index is 0.125. The number of nitrogens with zero attached hydrogens (tertiary/aromatic N) is 2. The van der Waals surface area contributed by atoms with Crippen molar-refractivity contribution in [2.24, 2.45) is 0 Å². The number of Topliss-reactive ketones (excluding diaryl/α,β-unsaturated/α-hetero) is 1. The van der Waals surface area contributed by atoms with Crippen LogP contribution in [0.25, 0.3) is 0 Å². The molecular weight excluding hydrogens is 208 g/mol. The monoisotopic (exact) mass is 224 g/mol. The molecule has 1 aromatic heterocycles. The SMILES string of the molecule is CCN1CCCC1c1ncc(C(C)=O)s1. The zero-order chi connectivity index (χ0) is 10.8. The molecule has 1 saturated heterocycles. The van der Waals surface area contributed by atoms with E-state index in [0.29, 0.717) is 6.04 Å². The van der Waals surface area contributed by atoms with Gasteiger partial charge in [-0.2, -0.15) is 0 Å². The van der Waals surface area contributed by atoms with Crippen LogP contribution in [0.1, 0.15) is 47.4 Å². The van der Waals surface area contributed by atoms with Gasteiger partial charge in [-0.25, -0.2) is 4.98 Å². The Morgan fingerprint density at radius 3 is 3.13 bits per heavy atom. The second-order valence-corrected chi connectivity index (χ2v) is 4.97. The zero-order valence-electron chi connectivity index (χ0n) is 9.19. The van der Waals surface area contributed by atoms with Crippen LogP contribution in [-0.2, 0) is 0 Å². The largest absolute Gasteiger partial charge is 0.294 e. The summed E-state index contributed by atoms with van der Waals surface area (Å²) in [6, 6.07) is 0.452. The first-order valence-electron chi connectivity index (χ1n) is 5.43. The average Bonchev–Trinajstić information content (AvgIpc) is 2.85. The molecule has 1 aromatic rings. The quantitative estimate of drug-likeness (QED) is 0.740. The Hall–Kier alpha value is -0.740. The summed E-state index contributed by atoms with van der Waals surface area (Å²) in [5.41, 5.74) is 0. The van der Waals surface area contributed by atoms with E-state index in [1.165, 1.54) is 12.8 Å². The van der Waals surface area contributed by atoms with Gasteiger partial charge in [-0.05, 0) is 25.9 Å². The van der Waals surface area contributed by atoms with Crippen molar-refractivity contribution in [2.75, 3.05) is 13.1 Å². The lowest BCUT2D eigenvalue weighted by atomic mass is 10.2. The fraction of sp³-hybridized carbons (Fsp3) is 0.636. The van der Waals surface area contributed by atoms with Crippen LogP contribution in [0.15, 0.2) is 6.20 Å². The summed E-state index contributed by atoms with van der Waals surface area (Å²) in [4.78, 5) is 18.8. The van der Waals surface area contributed by atoms with Crippen LogP contribution in [0.4, 0.5) is 0 Å². The maximum Gasteiger partial charge on any atom is 0.171 e. The Kier molecular flexibility index (Phi) is 3.17. The van der Waals surface area contributed by atoms with Gasteiger partial charge >= 0.3 is 0 Å². The first kappa shape index (κ1) is 10.8. The zero-order valence-corrected chi connectivity index (χ0v) is 10.0. The molecule has 1 aliphatic rings. The minimum Gasteiger partial charge on any atom is -0.294 e. The highest BCUT2D eigenvalue weighted by Crippen LogP contribution is 2.33. The van der Waals surface area contributed by atoms with Gasteiger partial charge in [-0.1, -0.05) is 6.92 Å². The highest BCUT2D eigenvalue weighted by atomic mass is 32.1. The highest BCUT2D eigenvalue weighted by Gasteiger charge is 2.27. The summed E-state index contributed by atoms with van der Waals surface area (Å²) in [5, 5.41) is 1.11. The number of hydrogen-bond acceptors (Lipinski definition) is 4. The Balaban J connectivity index is 2.18. The molecule has 1 aliphatic heterocycles. The van der Waals surface area contributed by atoms with Crippen LogP contribution in [0.3, 0.4) is 0 Å². The van der Waals surface area contributed by atoms with Crippen LogP contribution in [0.5, 0.6) is 0 Å². The number of hydrogen-bond donors (Lipinski definition) is 0. The molecule has 15 heavy (non-hydrogen) atoms. The third-order valence-electron chi connectivity index (χ3n) is 2.93. The highest BCUT2D eigenvalue weighted by molar-refractivity contribution is 7.13. The van der Waals surface area contributed by atoms with Gasteiger partial charge in [-0.15, -0.1) is 11.3 Å². The van der Waals surface area contributed by atoms with Gasteiger partial charge in [0.2, 0.25) is 0 Å². The standard InChI is InChI=1S/C11H16N2OS/c1-3-13-6-4-5-9(13)11-12-7-10(15-11)8(2)14/h7,9H,3-6H2,1-2H3. The summed E-state index contributed by atoms with van der Waals surface area (Å²) in [5.74, 6) is 0.125. The lowest BCUT2D eigenvalue weighted by Crippen LogP contribution is -2.22. The van der Waals surface area contributed by atoms with E-state index in [1.54, 1.807) is 24.5 Å². The minimum atomic E-state index is 0.125. The van der Waals surface area contributed by atoms with E-state index in [-0.39, 0.29) is 5.78 Å². The van der Waals surface area contributed by atoms with E-state index in [2.05, 4.69) is 16.8 Å².